The Balaban J connectivity index is 1.90. The van der Waals surface area contributed by atoms with Crippen LogP contribution in [0.3, 0.4) is 0 Å². The van der Waals surface area contributed by atoms with Crippen LogP contribution in [0.25, 0.3) is 0 Å². The predicted octanol–water partition coefficient (Wildman–Crippen LogP) is 1.23. The summed E-state index contributed by atoms with van der Waals surface area (Å²) in [6.07, 6.45) is 4.01. The van der Waals surface area contributed by atoms with E-state index in [-0.39, 0.29) is 0 Å². The third-order valence-electron chi connectivity index (χ3n) is 3.65. The number of fused-ring (bicyclic) bond motifs is 2. The second kappa shape index (κ2) is 3.02. The molecule has 0 radical (unpaired) electrons. The highest BCUT2D eigenvalue weighted by atomic mass is 15.2. The maximum absolute atomic E-state index is 5.72. The monoisotopic (exact) mass is 204 g/mol. The fourth-order valence-electron chi connectivity index (χ4n) is 2.84. The molecule has 0 aromatic carbocycles. The van der Waals surface area contributed by atoms with Crippen molar-refractivity contribution in [1.82, 2.24) is 4.98 Å². The Hall–Kier alpha value is -1.45. The number of nitrogen functional groups attached to an aromatic ring is 2. The standard InChI is InChI=1S/C11H16N4/c12-9-3-4-10(14-11(9)13)15-6-7-1-2-8(15)5-7/h3-4,7-8H,1-2,5-6,12H2,(H2,13,14). The van der Waals surface area contributed by atoms with Crippen LogP contribution in [0, 0.1) is 5.92 Å². The van der Waals surface area contributed by atoms with Crippen LogP contribution in [-0.2, 0) is 0 Å². The SMILES string of the molecule is Nc1ccc(N2CC3CCC2C3)nc1N. The third-order valence-corrected chi connectivity index (χ3v) is 3.65. The summed E-state index contributed by atoms with van der Waals surface area (Å²) in [4.78, 5) is 6.73. The number of anilines is 3. The Labute approximate surface area is 89.3 Å². The van der Waals surface area contributed by atoms with E-state index in [1.54, 1.807) is 0 Å². The summed E-state index contributed by atoms with van der Waals surface area (Å²) in [7, 11) is 0. The first kappa shape index (κ1) is 8.83. The van der Waals surface area contributed by atoms with Gasteiger partial charge in [-0.3, -0.25) is 0 Å². The van der Waals surface area contributed by atoms with Crippen molar-refractivity contribution in [1.29, 1.82) is 0 Å². The summed E-state index contributed by atoms with van der Waals surface area (Å²) in [5.41, 5.74) is 12.0. The molecule has 15 heavy (non-hydrogen) atoms. The highest BCUT2D eigenvalue weighted by Crippen LogP contribution is 2.39. The van der Waals surface area contributed by atoms with Crippen molar-refractivity contribution in [3.63, 3.8) is 0 Å². The van der Waals surface area contributed by atoms with Crippen LogP contribution in [0.1, 0.15) is 19.3 Å². The number of nitrogens with two attached hydrogens (primary N) is 2. The Kier molecular flexibility index (Phi) is 1.78. The molecule has 4 heteroatoms. The van der Waals surface area contributed by atoms with Gasteiger partial charge in [0.15, 0.2) is 0 Å². The Morgan fingerprint density at radius 1 is 1.27 bits per heavy atom. The van der Waals surface area contributed by atoms with Crippen molar-refractivity contribution >= 4 is 17.3 Å². The lowest BCUT2D eigenvalue weighted by molar-refractivity contribution is 0.550. The van der Waals surface area contributed by atoms with E-state index in [9.17, 15) is 0 Å². The molecule has 80 valence electrons. The van der Waals surface area contributed by atoms with Gasteiger partial charge in [-0.25, -0.2) is 4.98 Å². The fraction of sp³-hybridized carbons (Fsp3) is 0.545. The van der Waals surface area contributed by atoms with E-state index in [0.717, 1.165) is 18.3 Å². The lowest BCUT2D eigenvalue weighted by Crippen LogP contribution is -2.32. The minimum Gasteiger partial charge on any atom is -0.396 e. The molecule has 2 bridgehead atoms. The van der Waals surface area contributed by atoms with Crippen molar-refractivity contribution in [2.24, 2.45) is 5.92 Å². The summed E-state index contributed by atoms with van der Waals surface area (Å²) >= 11 is 0. The van der Waals surface area contributed by atoms with Gasteiger partial charge >= 0.3 is 0 Å². The van der Waals surface area contributed by atoms with E-state index in [2.05, 4.69) is 9.88 Å². The molecule has 1 aliphatic carbocycles. The van der Waals surface area contributed by atoms with Gasteiger partial charge in [-0.05, 0) is 37.3 Å². The van der Waals surface area contributed by atoms with Gasteiger partial charge in [-0.15, -0.1) is 0 Å². The molecular formula is C11H16N4. The maximum Gasteiger partial charge on any atom is 0.149 e. The molecule has 2 unspecified atom stereocenters. The molecule has 2 atom stereocenters. The van der Waals surface area contributed by atoms with Crippen LogP contribution in [0.4, 0.5) is 17.3 Å². The average Bonchev–Trinajstić information content (AvgIpc) is 2.83. The first-order chi connectivity index (χ1) is 7.24. The van der Waals surface area contributed by atoms with Crippen molar-refractivity contribution in [2.75, 3.05) is 22.9 Å². The first-order valence-electron chi connectivity index (χ1n) is 5.52. The number of piperidine rings is 1. The summed E-state index contributed by atoms with van der Waals surface area (Å²) in [6.45, 7) is 1.14. The van der Waals surface area contributed by atoms with E-state index in [0.29, 0.717) is 17.5 Å². The van der Waals surface area contributed by atoms with Gasteiger partial charge in [0.1, 0.15) is 11.6 Å². The Morgan fingerprint density at radius 2 is 2.13 bits per heavy atom. The lowest BCUT2D eigenvalue weighted by atomic mass is 10.1. The van der Waals surface area contributed by atoms with Gasteiger partial charge in [0, 0.05) is 12.6 Å². The van der Waals surface area contributed by atoms with Gasteiger partial charge in [0.05, 0.1) is 5.69 Å². The van der Waals surface area contributed by atoms with E-state index in [1.807, 2.05) is 12.1 Å². The fourth-order valence-corrected chi connectivity index (χ4v) is 2.84. The molecule has 2 aliphatic rings. The zero-order valence-corrected chi connectivity index (χ0v) is 8.69. The van der Waals surface area contributed by atoms with Crippen LogP contribution < -0.4 is 16.4 Å². The van der Waals surface area contributed by atoms with Gasteiger partial charge in [-0.2, -0.15) is 0 Å². The van der Waals surface area contributed by atoms with Crippen molar-refractivity contribution < 1.29 is 0 Å². The molecule has 4 N–H and O–H groups in total. The minimum atomic E-state index is 0.454. The largest absolute Gasteiger partial charge is 0.396 e. The highest BCUT2D eigenvalue weighted by molar-refractivity contribution is 5.62. The quantitative estimate of drug-likeness (QED) is 0.722. The van der Waals surface area contributed by atoms with Gasteiger partial charge in [0.2, 0.25) is 0 Å². The van der Waals surface area contributed by atoms with Gasteiger partial charge < -0.3 is 16.4 Å². The number of pyridine rings is 1. The average molecular weight is 204 g/mol. The molecule has 1 aromatic heterocycles. The summed E-state index contributed by atoms with van der Waals surface area (Å²) < 4.78 is 0. The Morgan fingerprint density at radius 3 is 2.73 bits per heavy atom. The Bertz CT molecular complexity index is 390. The molecule has 4 nitrogen and oxygen atoms in total. The van der Waals surface area contributed by atoms with Crippen LogP contribution in [0.2, 0.25) is 0 Å². The van der Waals surface area contributed by atoms with Crippen LogP contribution in [0.5, 0.6) is 0 Å². The molecule has 1 aromatic rings. The minimum absolute atomic E-state index is 0.454. The summed E-state index contributed by atoms with van der Waals surface area (Å²) in [5.74, 6) is 2.32. The zero-order valence-electron chi connectivity index (χ0n) is 8.69. The molecule has 2 fully saturated rings. The van der Waals surface area contributed by atoms with Crippen LogP contribution in [0.15, 0.2) is 12.1 Å². The molecular weight excluding hydrogens is 188 g/mol. The first-order valence-corrected chi connectivity index (χ1v) is 5.52. The molecule has 0 spiro atoms. The van der Waals surface area contributed by atoms with E-state index < -0.39 is 0 Å². The molecule has 0 amide bonds. The third kappa shape index (κ3) is 1.32. The number of hydrogen-bond acceptors (Lipinski definition) is 4. The van der Waals surface area contributed by atoms with Crippen molar-refractivity contribution in [3.05, 3.63) is 12.1 Å². The topological polar surface area (TPSA) is 68.2 Å². The predicted molar refractivity (Wildman–Crippen MR) is 61.5 cm³/mol. The van der Waals surface area contributed by atoms with Crippen molar-refractivity contribution in [2.45, 2.75) is 25.3 Å². The molecule has 1 saturated carbocycles. The summed E-state index contributed by atoms with van der Waals surface area (Å²) in [5, 5.41) is 0. The van der Waals surface area contributed by atoms with E-state index >= 15 is 0 Å². The van der Waals surface area contributed by atoms with Gasteiger partial charge in [0.25, 0.3) is 0 Å². The normalized spacial score (nSPS) is 28.7. The van der Waals surface area contributed by atoms with Crippen LogP contribution >= 0.6 is 0 Å². The second-order valence-electron chi connectivity index (χ2n) is 4.63. The van der Waals surface area contributed by atoms with Gasteiger partial charge in [-0.1, -0.05) is 0 Å². The number of nitrogens with zero attached hydrogens (tertiary/aromatic N) is 2. The number of rotatable bonds is 1. The van der Waals surface area contributed by atoms with E-state index in [4.69, 9.17) is 11.5 Å². The smallest absolute Gasteiger partial charge is 0.149 e. The number of hydrogen-bond donors (Lipinski definition) is 2. The van der Waals surface area contributed by atoms with Crippen LogP contribution in [-0.4, -0.2) is 17.6 Å². The molecule has 1 saturated heterocycles. The van der Waals surface area contributed by atoms with Crippen molar-refractivity contribution in [3.8, 4) is 0 Å². The second-order valence-corrected chi connectivity index (χ2v) is 4.63. The molecule has 2 heterocycles. The maximum atomic E-state index is 5.72. The number of aromatic nitrogens is 1. The zero-order chi connectivity index (χ0) is 10.4. The highest BCUT2D eigenvalue weighted by Gasteiger charge is 2.38. The summed E-state index contributed by atoms with van der Waals surface area (Å²) in [6, 6.07) is 4.52. The lowest BCUT2D eigenvalue weighted by Gasteiger charge is -2.28. The molecule has 3 rings (SSSR count). The molecule has 1 aliphatic heterocycles. The van der Waals surface area contributed by atoms with E-state index in [1.165, 1.54) is 19.3 Å².